The zero-order chi connectivity index (χ0) is 15.8. The lowest BCUT2D eigenvalue weighted by atomic mass is 10.2. The van der Waals surface area contributed by atoms with Crippen LogP contribution in [-0.4, -0.2) is 26.2 Å². The third-order valence-electron chi connectivity index (χ3n) is 2.95. The zero-order valence-corrected chi connectivity index (χ0v) is 12.2. The lowest BCUT2D eigenvalue weighted by Gasteiger charge is -2.11. The summed E-state index contributed by atoms with van der Waals surface area (Å²) >= 11 is 0. The molecular weight excluding hydrogens is 280 g/mol. The minimum atomic E-state index is -0.191. The molecule has 0 radical (unpaired) electrons. The quantitative estimate of drug-likeness (QED) is 0.831. The van der Waals surface area contributed by atoms with Gasteiger partial charge in [0.05, 0.1) is 17.2 Å². The van der Waals surface area contributed by atoms with Gasteiger partial charge in [0.25, 0.3) is 5.91 Å². The molecule has 2 aromatic carbocycles. The van der Waals surface area contributed by atoms with Crippen LogP contribution < -0.4 is 14.8 Å². The average molecular weight is 296 g/mol. The fourth-order valence-electron chi connectivity index (χ4n) is 1.85. The van der Waals surface area contributed by atoms with Gasteiger partial charge in [0.2, 0.25) is 0 Å². The second-order valence-corrected chi connectivity index (χ2v) is 4.41. The summed E-state index contributed by atoms with van der Waals surface area (Å²) in [5.74, 6) is 0.996. The highest BCUT2D eigenvalue weighted by Crippen LogP contribution is 2.18. The number of nitrogens with one attached hydrogen (secondary N) is 1. The van der Waals surface area contributed by atoms with Gasteiger partial charge in [0, 0.05) is 7.05 Å². The van der Waals surface area contributed by atoms with Crippen molar-refractivity contribution in [3.63, 3.8) is 0 Å². The van der Waals surface area contributed by atoms with Crippen molar-refractivity contribution in [2.45, 2.75) is 0 Å². The van der Waals surface area contributed by atoms with E-state index in [0.717, 1.165) is 0 Å². The van der Waals surface area contributed by atoms with Crippen molar-refractivity contribution >= 4 is 5.91 Å². The molecular formula is C17H16N2O3. The molecule has 1 N–H and O–H groups in total. The Morgan fingerprint density at radius 1 is 1.09 bits per heavy atom. The largest absolute Gasteiger partial charge is 0.490 e. The summed E-state index contributed by atoms with van der Waals surface area (Å²) < 4.78 is 11.1. The molecule has 0 fully saturated rings. The molecule has 0 aliphatic rings. The molecule has 5 heteroatoms. The molecule has 0 saturated carbocycles. The first-order valence-electron chi connectivity index (χ1n) is 6.81. The first kappa shape index (κ1) is 15.4. The number of ether oxygens (including phenoxy) is 2. The van der Waals surface area contributed by atoms with Crippen molar-refractivity contribution in [1.82, 2.24) is 5.32 Å². The highest BCUT2D eigenvalue weighted by atomic mass is 16.5. The Hall–Kier alpha value is -3.00. The predicted molar refractivity (Wildman–Crippen MR) is 82.0 cm³/mol. The van der Waals surface area contributed by atoms with Gasteiger partial charge in [-0.05, 0) is 36.4 Å². The van der Waals surface area contributed by atoms with E-state index in [1.807, 2.05) is 12.1 Å². The topological polar surface area (TPSA) is 71.3 Å². The Morgan fingerprint density at radius 3 is 2.45 bits per heavy atom. The Labute approximate surface area is 129 Å². The van der Waals surface area contributed by atoms with Crippen LogP contribution in [0.25, 0.3) is 0 Å². The van der Waals surface area contributed by atoms with Crippen LogP contribution >= 0.6 is 0 Å². The van der Waals surface area contributed by atoms with Crippen molar-refractivity contribution in [1.29, 1.82) is 5.26 Å². The molecule has 2 aromatic rings. The van der Waals surface area contributed by atoms with Crippen LogP contribution in [0.3, 0.4) is 0 Å². The van der Waals surface area contributed by atoms with E-state index >= 15 is 0 Å². The minimum Gasteiger partial charge on any atom is -0.490 e. The molecule has 0 unspecified atom stereocenters. The van der Waals surface area contributed by atoms with Crippen molar-refractivity contribution < 1.29 is 14.3 Å². The summed E-state index contributed by atoms with van der Waals surface area (Å²) in [5, 5.41) is 11.3. The Balaban J connectivity index is 1.86. The number of carbonyl (C=O) groups is 1. The van der Waals surface area contributed by atoms with Gasteiger partial charge >= 0.3 is 0 Å². The van der Waals surface area contributed by atoms with Gasteiger partial charge in [-0.25, -0.2) is 0 Å². The second kappa shape index (κ2) is 7.70. The summed E-state index contributed by atoms with van der Waals surface area (Å²) in [6, 6.07) is 15.9. The van der Waals surface area contributed by atoms with E-state index in [4.69, 9.17) is 14.7 Å². The van der Waals surface area contributed by atoms with Crippen LogP contribution in [0.5, 0.6) is 11.5 Å². The summed E-state index contributed by atoms with van der Waals surface area (Å²) in [6.07, 6.45) is 0. The maximum Gasteiger partial charge on any atom is 0.254 e. The first-order chi connectivity index (χ1) is 10.7. The van der Waals surface area contributed by atoms with Gasteiger partial charge in [0.1, 0.15) is 24.7 Å². The molecule has 22 heavy (non-hydrogen) atoms. The number of nitrogens with zero attached hydrogens (tertiary/aromatic N) is 1. The molecule has 0 saturated heterocycles. The fourth-order valence-corrected chi connectivity index (χ4v) is 1.85. The minimum absolute atomic E-state index is 0.191. The molecule has 112 valence electrons. The number of benzene rings is 2. The molecule has 2 rings (SSSR count). The summed E-state index contributed by atoms with van der Waals surface area (Å²) in [4.78, 5) is 11.7. The van der Waals surface area contributed by atoms with Gasteiger partial charge in [-0.2, -0.15) is 5.26 Å². The highest BCUT2D eigenvalue weighted by Gasteiger charge is 2.09. The molecule has 0 aromatic heterocycles. The lowest BCUT2D eigenvalue weighted by molar-refractivity contribution is 0.0958. The summed E-state index contributed by atoms with van der Waals surface area (Å²) in [6.45, 7) is 0.655. The summed E-state index contributed by atoms with van der Waals surface area (Å²) in [5.41, 5.74) is 1.08. The first-order valence-corrected chi connectivity index (χ1v) is 6.81. The van der Waals surface area contributed by atoms with Gasteiger partial charge in [-0.15, -0.1) is 0 Å². The van der Waals surface area contributed by atoms with Crippen molar-refractivity contribution in [3.8, 4) is 17.6 Å². The van der Waals surface area contributed by atoms with Crippen LogP contribution in [0.2, 0.25) is 0 Å². The number of amides is 1. The molecule has 0 aliphatic heterocycles. The number of hydrogen-bond donors (Lipinski definition) is 1. The van der Waals surface area contributed by atoms with Crippen molar-refractivity contribution in [2.24, 2.45) is 0 Å². The summed E-state index contributed by atoms with van der Waals surface area (Å²) in [7, 11) is 1.58. The number of carbonyl (C=O) groups excluding carboxylic acids is 1. The fraction of sp³-hybridized carbons (Fsp3) is 0.176. The zero-order valence-electron chi connectivity index (χ0n) is 12.2. The van der Waals surface area contributed by atoms with E-state index in [1.165, 1.54) is 0 Å². The molecule has 0 heterocycles. The maximum absolute atomic E-state index is 11.7. The van der Waals surface area contributed by atoms with E-state index in [0.29, 0.717) is 35.8 Å². The molecule has 0 atom stereocenters. The van der Waals surface area contributed by atoms with Crippen LogP contribution in [0.4, 0.5) is 0 Å². The normalized spacial score (nSPS) is 9.64. The molecule has 0 spiro atoms. The Kier molecular flexibility index (Phi) is 5.38. The Bertz CT molecular complexity index is 675. The van der Waals surface area contributed by atoms with Gasteiger partial charge in [-0.3, -0.25) is 4.79 Å². The van der Waals surface area contributed by atoms with Crippen molar-refractivity contribution in [3.05, 3.63) is 59.7 Å². The van der Waals surface area contributed by atoms with E-state index in [-0.39, 0.29) is 5.91 Å². The predicted octanol–water partition coefficient (Wildman–Crippen LogP) is 2.38. The van der Waals surface area contributed by atoms with Crippen LogP contribution in [-0.2, 0) is 0 Å². The van der Waals surface area contributed by atoms with Gasteiger partial charge < -0.3 is 14.8 Å². The number of para-hydroxylation sites is 1. The molecule has 1 amide bonds. The third-order valence-corrected chi connectivity index (χ3v) is 2.95. The average Bonchev–Trinajstić information content (AvgIpc) is 2.59. The van der Waals surface area contributed by atoms with Crippen molar-refractivity contribution in [2.75, 3.05) is 20.3 Å². The lowest BCUT2D eigenvalue weighted by Crippen LogP contribution is -2.19. The standard InChI is InChI=1S/C17H16N2O3/c1-19-17(20)15-4-2-3-5-16(15)22-11-10-21-14-8-6-13(12-18)7-9-14/h2-9H,10-11H2,1H3,(H,19,20). The monoisotopic (exact) mass is 296 g/mol. The number of rotatable bonds is 6. The highest BCUT2D eigenvalue weighted by molar-refractivity contribution is 5.96. The molecule has 0 bridgehead atoms. The smallest absolute Gasteiger partial charge is 0.254 e. The van der Waals surface area contributed by atoms with E-state index in [2.05, 4.69) is 5.32 Å². The maximum atomic E-state index is 11.7. The molecule has 5 nitrogen and oxygen atoms in total. The van der Waals surface area contributed by atoms with Crippen LogP contribution in [0.1, 0.15) is 15.9 Å². The van der Waals surface area contributed by atoms with Gasteiger partial charge in [0.15, 0.2) is 0 Å². The molecule has 0 aliphatic carbocycles. The Morgan fingerprint density at radius 2 is 1.77 bits per heavy atom. The van der Waals surface area contributed by atoms with Crippen LogP contribution in [0.15, 0.2) is 48.5 Å². The van der Waals surface area contributed by atoms with E-state index < -0.39 is 0 Å². The third kappa shape index (κ3) is 4.00. The van der Waals surface area contributed by atoms with Gasteiger partial charge in [-0.1, -0.05) is 12.1 Å². The number of nitriles is 1. The second-order valence-electron chi connectivity index (χ2n) is 4.41. The van der Waals surface area contributed by atoms with E-state index in [1.54, 1.807) is 49.5 Å². The number of hydrogen-bond acceptors (Lipinski definition) is 4. The van der Waals surface area contributed by atoms with E-state index in [9.17, 15) is 4.79 Å². The van der Waals surface area contributed by atoms with Crippen LogP contribution in [0, 0.1) is 11.3 Å². The SMILES string of the molecule is CNC(=O)c1ccccc1OCCOc1ccc(C#N)cc1.